The van der Waals surface area contributed by atoms with Gasteiger partial charge in [-0.15, -0.1) is 0 Å². The van der Waals surface area contributed by atoms with Crippen LogP contribution in [0.5, 0.6) is 11.5 Å². The van der Waals surface area contributed by atoms with Crippen LogP contribution >= 0.6 is 0 Å². The lowest BCUT2D eigenvalue weighted by molar-refractivity contribution is -0.134. The van der Waals surface area contributed by atoms with Crippen LogP contribution in [0.15, 0.2) is 67.3 Å². The van der Waals surface area contributed by atoms with Crippen molar-refractivity contribution in [2.24, 2.45) is 5.92 Å². The van der Waals surface area contributed by atoms with Crippen LogP contribution in [0.1, 0.15) is 6.42 Å². The Morgan fingerprint density at radius 1 is 1.12 bits per heavy atom. The fourth-order valence-corrected chi connectivity index (χ4v) is 2.75. The van der Waals surface area contributed by atoms with Gasteiger partial charge in [-0.3, -0.25) is 9.59 Å². The SMILES string of the molecule is C=CC(=O)N1CC(CC(=O)Nc2ccccc2Oc2ccccc2)C1. The molecule has 5 nitrogen and oxygen atoms in total. The number of benzene rings is 2. The first-order valence-corrected chi connectivity index (χ1v) is 8.19. The minimum Gasteiger partial charge on any atom is -0.455 e. The van der Waals surface area contributed by atoms with Crippen molar-refractivity contribution in [3.05, 3.63) is 67.3 Å². The predicted molar refractivity (Wildman–Crippen MR) is 96.5 cm³/mol. The quantitative estimate of drug-likeness (QED) is 0.822. The fraction of sp³-hybridized carbons (Fsp3) is 0.200. The molecule has 0 radical (unpaired) electrons. The molecule has 0 spiro atoms. The van der Waals surface area contributed by atoms with Crippen molar-refractivity contribution in [1.82, 2.24) is 4.90 Å². The zero-order valence-corrected chi connectivity index (χ0v) is 13.9. The third-order valence-corrected chi connectivity index (χ3v) is 4.05. The van der Waals surface area contributed by atoms with E-state index in [1.807, 2.05) is 54.6 Å². The number of amides is 2. The van der Waals surface area contributed by atoms with Crippen molar-refractivity contribution in [2.45, 2.75) is 6.42 Å². The van der Waals surface area contributed by atoms with E-state index in [0.717, 1.165) is 0 Å². The van der Waals surface area contributed by atoms with Crippen LogP contribution in [-0.2, 0) is 9.59 Å². The molecule has 0 unspecified atom stereocenters. The second-order valence-electron chi connectivity index (χ2n) is 5.98. The van der Waals surface area contributed by atoms with Crippen molar-refractivity contribution in [3.8, 4) is 11.5 Å². The molecule has 0 saturated carbocycles. The van der Waals surface area contributed by atoms with Gasteiger partial charge in [-0.25, -0.2) is 0 Å². The second-order valence-corrected chi connectivity index (χ2v) is 5.98. The molecule has 2 amide bonds. The van der Waals surface area contributed by atoms with Gasteiger partial charge in [0.2, 0.25) is 11.8 Å². The Morgan fingerprint density at radius 2 is 1.80 bits per heavy atom. The Labute approximate surface area is 146 Å². The van der Waals surface area contributed by atoms with Gasteiger partial charge in [-0.1, -0.05) is 36.9 Å². The van der Waals surface area contributed by atoms with Crippen molar-refractivity contribution in [2.75, 3.05) is 18.4 Å². The van der Waals surface area contributed by atoms with Gasteiger partial charge in [0.15, 0.2) is 5.75 Å². The Balaban J connectivity index is 1.57. The van der Waals surface area contributed by atoms with Gasteiger partial charge in [0.25, 0.3) is 0 Å². The molecule has 0 atom stereocenters. The van der Waals surface area contributed by atoms with Crippen molar-refractivity contribution < 1.29 is 14.3 Å². The van der Waals surface area contributed by atoms with E-state index in [1.165, 1.54) is 6.08 Å². The molecule has 1 saturated heterocycles. The molecule has 1 heterocycles. The van der Waals surface area contributed by atoms with Gasteiger partial charge >= 0.3 is 0 Å². The van der Waals surface area contributed by atoms with Crippen LogP contribution < -0.4 is 10.1 Å². The maximum atomic E-state index is 12.3. The molecule has 2 aromatic rings. The normalized spacial score (nSPS) is 13.7. The molecule has 3 rings (SSSR count). The van der Waals surface area contributed by atoms with Crippen molar-refractivity contribution >= 4 is 17.5 Å². The third-order valence-electron chi connectivity index (χ3n) is 4.05. The first-order valence-electron chi connectivity index (χ1n) is 8.19. The number of ether oxygens (including phenoxy) is 1. The van der Waals surface area contributed by atoms with Crippen LogP contribution in [-0.4, -0.2) is 29.8 Å². The van der Waals surface area contributed by atoms with E-state index in [1.54, 1.807) is 4.90 Å². The zero-order chi connectivity index (χ0) is 17.6. The van der Waals surface area contributed by atoms with Crippen LogP contribution in [0.25, 0.3) is 0 Å². The highest BCUT2D eigenvalue weighted by atomic mass is 16.5. The summed E-state index contributed by atoms with van der Waals surface area (Å²) < 4.78 is 5.84. The third kappa shape index (κ3) is 4.26. The summed E-state index contributed by atoms with van der Waals surface area (Å²) in [5, 5.41) is 2.90. The smallest absolute Gasteiger partial charge is 0.245 e. The van der Waals surface area contributed by atoms with E-state index in [4.69, 9.17) is 4.74 Å². The summed E-state index contributed by atoms with van der Waals surface area (Å²) >= 11 is 0. The van der Waals surface area contributed by atoms with E-state index in [-0.39, 0.29) is 17.7 Å². The molecule has 1 aliphatic heterocycles. The Kier molecular flexibility index (Phi) is 5.14. The molecule has 5 heteroatoms. The largest absolute Gasteiger partial charge is 0.455 e. The minimum atomic E-state index is -0.0849. The number of carbonyl (C=O) groups is 2. The average molecular weight is 336 g/mol. The van der Waals surface area contributed by atoms with Crippen LogP contribution in [0.2, 0.25) is 0 Å². The number of hydrogen-bond donors (Lipinski definition) is 1. The van der Waals surface area contributed by atoms with E-state index >= 15 is 0 Å². The Bertz CT molecular complexity index is 768. The van der Waals surface area contributed by atoms with Gasteiger partial charge in [-0.2, -0.15) is 0 Å². The average Bonchev–Trinajstić information content (AvgIpc) is 2.60. The first-order chi connectivity index (χ1) is 12.2. The highest BCUT2D eigenvalue weighted by Crippen LogP contribution is 2.29. The lowest BCUT2D eigenvalue weighted by Gasteiger charge is -2.38. The van der Waals surface area contributed by atoms with Crippen molar-refractivity contribution in [3.63, 3.8) is 0 Å². The molecule has 1 aliphatic rings. The molecule has 1 fully saturated rings. The number of likely N-dealkylation sites (tertiary alicyclic amines) is 1. The summed E-state index contributed by atoms with van der Waals surface area (Å²) in [4.78, 5) is 25.4. The summed E-state index contributed by atoms with van der Waals surface area (Å²) in [6.07, 6.45) is 1.67. The van der Waals surface area contributed by atoms with E-state index < -0.39 is 0 Å². The lowest BCUT2D eigenvalue weighted by atomic mass is 9.96. The van der Waals surface area contributed by atoms with Crippen LogP contribution in [0, 0.1) is 5.92 Å². The predicted octanol–water partition coefficient (Wildman–Crippen LogP) is 3.45. The number of para-hydroxylation sites is 3. The van der Waals surface area contributed by atoms with E-state index in [0.29, 0.717) is 36.7 Å². The minimum absolute atomic E-state index is 0.0835. The van der Waals surface area contributed by atoms with E-state index in [9.17, 15) is 9.59 Å². The Hall–Kier alpha value is -3.08. The van der Waals surface area contributed by atoms with Crippen LogP contribution in [0.4, 0.5) is 5.69 Å². The zero-order valence-electron chi connectivity index (χ0n) is 13.9. The number of rotatable bonds is 6. The molecular weight excluding hydrogens is 316 g/mol. The van der Waals surface area contributed by atoms with Gasteiger partial charge in [0, 0.05) is 25.4 Å². The van der Waals surface area contributed by atoms with Crippen molar-refractivity contribution in [1.29, 1.82) is 0 Å². The maximum Gasteiger partial charge on any atom is 0.245 e. The monoisotopic (exact) mass is 336 g/mol. The molecule has 25 heavy (non-hydrogen) atoms. The standard InChI is InChI=1S/C20H20N2O3/c1-2-20(24)22-13-15(14-22)12-19(23)21-17-10-6-7-11-18(17)25-16-8-4-3-5-9-16/h2-11,15H,1,12-14H2,(H,21,23). The summed E-state index contributed by atoms with van der Waals surface area (Å²) in [7, 11) is 0. The second kappa shape index (κ2) is 7.66. The molecule has 0 bridgehead atoms. The van der Waals surface area contributed by atoms with Gasteiger partial charge in [0.05, 0.1) is 5.69 Å². The summed E-state index contributed by atoms with van der Waals surface area (Å²) in [6, 6.07) is 16.8. The maximum absolute atomic E-state index is 12.3. The lowest BCUT2D eigenvalue weighted by Crippen LogP contribution is -2.50. The number of carbonyl (C=O) groups excluding carboxylic acids is 2. The molecule has 128 valence electrons. The first kappa shape index (κ1) is 16.8. The molecular formula is C20H20N2O3. The van der Waals surface area contributed by atoms with Gasteiger partial charge in [0.1, 0.15) is 5.75 Å². The molecule has 0 aliphatic carbocycles. The highest BCUT2D eigenvalue weighted by Gasteiger charge is 2.30. The summed E-state index contributed by atoms with van der Waals surface area (Å²) in [5.41, 5.74) is 0.634. The Morgan fingerprint density at radius 3 is 2.52 bits per heavy atom. The van der Waals surface area contributed by atoms with Crippen LogP contribution in [0.3, 0.4) is 0 Å². The number of nitrogens with one attached hydrogen (secondary N) is 1. The number of nitrogens with zero attached hydrogens (tertiary/aromatic N) is 1. The number of hydrogen-bond acceptors (Lipinski definition) is 3. The topological polar surface area (TPSA) is 58.6 Å². The fourth-order valence-electron chi connectivity index (χ4n) is 2.75. The number of anilines is 1. The highest BCUT2D eigenvalue weighted by molar-refractivity contribution is 5.93. The van der Waals surface area contributed by atoms with E-state index in [2.05, 4.69) is 11.9 Å². The van der Waals surface area contributed by atoms with Gasteiger partial charge in [-0.05, 0) is 30.3 Å². The summed E-state index contributed by atoms with van der Waals surface area (Å²) in [6.45, 7) is 4.66. The molecule has 2 aromatic carbocycles. The summed E-state index contributed by atoms with van der Waals surface area (Å²) in [5.74, 6) is 1.32. The molecule has 0 aromatic heterocycles. The molecule has 1 N–H and O–H groups in total. The van der Waals surface area contributed by atoms with Gasteiger partial charge < -0.3 is 15.0 Å².